The zero-order chi connectivity index (χ0) is 19.8. The van der Waals surface area contributed by atoms with Gasteiger partial charge in [0, 0.05) is 19.3 Å². The minimum atomic E-state index is 0.557. The summed E-state index contributed by atoms with van der Waals surface area (Å²) in [4.78, 5) is 6.80. The number of likely N-dealkylation sites (tertiary alicyclic amines) is 1. The van der Waals surface area contributed by atoms with Crippen LogP contribution in [0.3, 0.4) is 0 Å². The lowest BCUT2D eigenvalue weighted by Crippen LogP contribution is -2.23. The topological polar surface area (TPSA) is 60.0 Å². The first-order valence-corrected chi connectivity index (χ1v) is 11.3. The summed E-state index contributed by atoms with van der Waals surface area (Å²) in [5, 5.41) is 9.55. The van der Waals surface area contributed by atoms with E-state index in [1.165, 1.54) is 50.9 Å². The van der Waals surface area contributed by atoms with Crippen LogP contribution in [-0.4, -0.2) is 50.0 Å². The Kier molecular flexibility index (Phi) is 4.95. The van der Waals surface area contributed by atoms with Crippen molar-refractivity contribution < 1.29 is 4.42 Å². The first-order chi connectivity index (χ1) is 14.2. The highest BCUT2D eigenvalue weighted by Crippen LogP contribution is 2.64. The SMILES string of the molecule is Cc1ncoc1-c1nnc(SCCCN2CCC3(C[C@@H]3c3ccccc3)C2)n1C. The molecular weight excluding hydrogens is 382 g/mol. The zero-order valence-corrected chi connectivity index (χ0v) is 17.9. The second-order valence-electron chi connectivity index (χ2n) is 8.39. The minimum Gasteiger partial charge on any atom is -0.440 e. The van der Waals surface area contributed by atoms with Crippen LogP contribution in [0.1, 0.15) is 36.4 Å². The van der Waals surface area contributed by atoms with Gasteiger partial charge in [0.15, 0.2) is 17.3 Å². The van der Waals surface area contributed by atoms with Gasteiger partial charge in [-0.05, 0) is 56.2 Å². The Morgan fingerprint density at radius 1 is 1.24 bits per heavy atom. The molecule has 3 aromatic rings. The second-order valence-corrected chi connectivity index (χ2v) is 9.45. The summed E-state index contributed by atoms with van der Waals surface area (Å²) in [5.41, 5.74) is 2.93. The first-order valence-electron chi connectivity index (χ1n) is 10.4. The molecule has 0 N–H and O–H groups in total. The van der Waals surface area contributed by atoms with Crippen molar-refractivity contribution in [3.8, 4) is 11.6 Å². The maximum Gasteiger partial charge on any atom is 0.202 e. The number of benzene rings is 1. The van der Waals surface area contributed by atoms with E-state index in [4.69, 9.17) is 4.42 Å². The van der Waals surface area contributed by atoms with Gasteiger partial charge in [0.1, 0.15) is 0 Å². The van der Waals surface area contributed by atoms with Crippen LogP contribution in [0.2, 0.25) is 0 Å². The van der Waals surface area contributed by atoms with E-state index in [9.17, 15) is 0 Å². The summed E-state index contributed by atoms with van der Waals surface area (Å²) >= 11 is 1.77. The fourth-order valence-corrected chi connectivity index (χ4v) is 5.57. The minimum absolute atomic E-state index is 0.557. The van der Waals surface area contributed by atoms with Crippen molar-refractivity contribution in [1.29, 1.82) is 0 Å². The van der Waals surface area contributed by atoms with E-state index in [1.54, 1.807) is 11.8 Å². The van der Waals surface area contributed by atoms with Gasteiger partial charge in [-0.15, -0.1) is 10.2 Å². The van der Waals surface area contributed by atoms with E-state index in [1.807, 2.05) is 18.5 Å². The highest BCUT2D eigenvalue weighted by molar-refractivity contribution is 7.99. The van der Waals surface area contributed by atoms with Gasteiger partial charge in [-0.2, -0.15) is 0 Å². The highest BCUT2D eigenvalue weighted by Gasteiger charge is 2.57. The van der Waals surface area contributed by atoms with E-state index in [-0.39, 0.29) is 0 Å². The van der Waals surface area contributed by atoms with Gasteiger partial charge in [-0.3, -0.25) is 0 Å². The van der Waals surface area contributed by atoms with Gasteiger partial charge >= 0.3 is 0 Å². The number of nitrogens with zero attached hydrogens (tertiary/aromatic N) is 5. The summed E-state index contributed by atoms with van der Waals surface area (Å²) < 4.78 is 7.45. The molecule has 2 aliphatic rings. The predicted octanol–water partition coefficient (Wildman–Crippen LogP) is 4.14. The average molecular weight is 410 g/mol. The Morgan fingerprint density at radius 2 is 2.10 bits per heavy atom. The molecular formula is C22H27N5OS. The van der Waals surface area contributed by atoms with Crippen LogP contribution in [0.5, 0.6) is 0 Å². The molecule has 5 rings (SSSR count). The van der Waals surface area contributed by atoms with Crippen molar-refractivity contribution in [2.24, 2.45) is 12.5 Å². The lowest BCUT2D eigenvalue weighted by atomic mass is 9.98. The van der Waals surface area contributed by atoms with Crippen molar-refractivity contribution in [1.82, 2.24) is 24.6 Å². The Hall–Kier alpha value is -2.12. The first kappa shape index (κ1) is 18.9. The number of rotatable bonds is 7. The largest absolute Gasteiger partial charge is 0.440 e. The third-order valence-electron chi connectivity index (χ3n) is 6.49. The molecule has 152 valence electrons. The smallest absolute Gasteiger partial charge is 0.202 e. The van der Waals surface area contributed by atoms with Gasteiger partial charge in [0.05, 0.1) is 5.69 Å². The lowest BCUT2D eigenvalue weighted by molar-refractivity contribution is 0.319. The number of aromatic nitrogens is 4. The third-order valence-corrected chi connectivity index (χ3v) is 7.60. The van der Waals surface area contributed by atoms with Crippen LogP contribution in [-0.2, 0) is 7.05 Å². The van der Waals surface area contributed by atoms with Crippen LogP contribution >= 0.6 is 11.8 Å². The van der Waals surface area contributed by atoms with Crippen LogP contribution < -0.4 is 0 Å². The van der Waals surface area contributed by atoms with Gasteiger partial charge in [0.25, 0.3) is 0 Å². The summed E-state index contributed by atoms with van der Waals surface area (Å²) in [6.45, 7) is 5.59. The lowest BCUT2D eigenvalue weighted by Gasteiger charge is -2.16. The molecule has 0 bridgehead atoms. The fraction of sp³-hybridized carbons (Fsp3) is 0.500. The predicted molar refractivity (Wildman–Crippen MR) is 114 cm³/mol. The summed E-state index contributed by atoms with van der Waals surface area (Å²) in [6.07, 6.45) is 5.34. The maximum absolute atomic E-state index is 5.45. The van der Waals surface area contributed by atoms with Gasteiger partial charge in [-0.1, -0.05) is 42.1 Å². The van der Waals surface area contributed by atoms with Crippen LogP contribution in [0.25, 0.3) is 11.6 Å². The molecule has 29 heavy (non-hydrogen) atoms. The van der Waals surface area contributed by atoms with Crippen molar-refractivity contribution in [2.45, 2.75) is 37.3 Å². The van der Waals surface area contributed by atoms with Crippen LogP contribution in [0.15, 0.2) is 46.3 Å². The fourth-order valence-electron chi connectivity index (χ4n) is 4.74. The number of aryl methyl sites for hydroxylation is 1. The van der Waals surface area contributed by atoms with Crippen molar-refractivity contribution in [3.05, 3.63) is 48.0 Å². The number of thioether (sulfide) groups is 1. The molecule has 2 fully saturated rings. The van der Waals surface area contributed by atoms with Gasteiger partial charge < -0.3 is 13.9 Å². The van der Waals surface area contributed by atoms with Crippen molar-refractivity contribution >= 4 is 11.8 Å². The Balaban J connectivity index is 1.10. The van der Waals surface area contributed by atoms with Crippen LogP contribution in [0.4, 0.5) is 0 Å². The summed E-state index contributed by atoms with van der Waals surface area (Å²) in [7, 11) is 1.99. The second kappa shape index (κ2) is 7.61. The monoisotopic (exact) mass is 409 g/mol. The molecule has 7 heteroatoms. The van der Waals surface area contributed by atoms with Gasteiger partial charge in [-0.25, -0.2) is 4.98 Å². The quantitative estimate of drug-likeness (QED) is 0.432. The highest BCUT2D eigenvalue weighted by atomic mass is 32.2. The number of hydrogen-bond donors (Lipinski definition) is 0. The molecule has 3 heterocycles. The van der Waals surface area contributed by atoms with E-state index < -0.39 is 0 Å². The molecule has 1 spiro atoms. The van der Waals surface area contributed by atoms with Crippen LogP contribution in [0, 0.1) is 12.3 Å². The molecule has 0 radical (unpaired) electrons. The molecule has 1 unspecified atom stereocenters. The summed E-state index contributed by atoms with van der Waals surface area (Å²) in [5.74, 6) is 3.27. The van der Waals surface area contributed by atoms with E-state index >= 15 is 0 Å². The molecule has 6 nitrogen and oxygen atoms in total. The van der Waals surface area contributed by atoms with Gasteiger partial charge in [0.2, 0.25) is 5.82 Å². The molecule has 1 saturated heterocycles. The van der Waals surface area contributed by atoms with E-state index in [2.05, 4.69) is 50.4 Å². The normalized spacial score (nSPS) is 23.9. The Bertz CT molecular complexity index is 984. The third kappa shape index (κ3) is 3.62. The Labute approximate surface area is 175 Å². The number of hydrogen-bond acceptors (Lipinski definition) is 6. The van der Waals surface area contributed by atoms with E-state index in [0.717, 1.165) is 28.3 Å². The molecule has 0 amide bonds. The molecule has 1 aromatic carbocycles. The number of oxazole rings is 1. The van der Waals surface area contributed by atoms with Crippen molar-refractivity contribution in [2.75, 3.05) is 25.4 Å². The van der Waals surface area contributed by atoms with E-state index in [0.29, 0.717) is 11.2 Å². The molecule has 2 aromatic heterocycles. The zero-order valence-electron chi connectivity index (χ0n) is 17.0. The molecule has 2 atom stereocenters. The summed E-state index contributed by atoms with van der Waals surface area (Å²) in [6, 6.07) is 11.1. The molecule has 1 aliphatic carbocycles. The molecule has 1 aliphatic heterocycles. The van der Waals surface area contributed by atoms with Crippen molar-refractivity contribution in [3.63, 3.8) is 0 Å². The standard InChI is InChI=1S/C22H27N5OS/c1-16-19(28-15-23-16)20-24-25-21(26(20)2)29-12-6-10-27-11-9-22(14-27)13-18(22)17-7-4-3-5-8-17/h3-5,7-8,15,18H,6,9-14H2,1-2H3/t18-,22?/m1/s1. The Morgan fingerprint density at radius 3 is 2.90 bits per heavy atom. The maximum atomic E-state index is 5.45. The molecule has 1 saturated carbocycles. The average Bonchev–Trinajstić information content (AvgIpc) is 3.02.